The van der Waals surface area contributed by atoms with Crippen molar-refractivity contribution in [2.75, 3.05) is 0 Å². The fourth-order valence-corrected chi connectivity index (χ4v) is 4.14. The van der Waals surface area contributed by atoms with E-state index in [1.165, 1.54) is 23.8 Å². The summed E-state index contributed by atoms with van der Waals surface area (Å²) in [5.74, 6) is -0.236. The molecule has 0 aliphatic heterocycles. The van der Waals surface area contributed by atoms with Gasteiger partial charge in [-0.3, -0.25) is 10.1 Å². The van der Waals surface area contributed by atoms with Crippen LogP contribution < -0.4 is 5.14 Å². The molecule has 0 fully saturated rings. The number of sulfonamides is 1. The fourth-order valence-electron chi connectivity index (χ4n) is 3.29. The van der Waals surface area contributed by atoms with Crippen LogP contribution in [0.3, 0.4) is 0 Å². The van der Waals surface area contributed by atoms with Crippen molar-refractivity contribution < 1.29 is 13.3 Å². The van der Waals surface area contributed by atoms with Gasteiger partial charge in [-0.25, -0.2) is 13.6 Å². The van der Waals surface area contributed by atoms with Crippen LogP contribution in [0.1, 0.15) is 29.0 Å². The number of benzene rings is 2. The summed E-state index contributed by atoms with van der Waals surface area (Å²) in [4.78, 5) is 10.7. The highest BCUT2D eigenvalue weighted by atomic mass is 32.2. The molecule has 120 valence electrons. The van der Waals surface area contributed by atoms with E-state index in [0.717, 1.165) is 12.0 Å². The van der Waals surface area contributed by atoms with E-state index < -0.39 is 14.9 Å². The fraction of sp³-hybridized carbons (Fsp3) is 0.250. The first-order valence-corrected chi connectivity index (χ1v) is 8.79. The average molecular weight is 332 g/mol. The molecule has 0 aromatic heterocycles. The third-order valence-electron chi connectivity index (χ3n) is 4.30. The van der Waals surface area contributed by atoms with Gasteiger partial charge in [0.15, 0.2) is 0 Å². The van der Waals surface area contributed by atoms with E-state index >= 15 is 0 Å². The molecule has 2 N–H and O–H groups in total. The summed E-state index contributed by atoms with van der Waals surface area (Å²) in [6, 6.07) is 11.9. The van der Waals surface area contributed by atoms with Gasteiger partial charge in [0.1, 0.15) is 0 Å². The lowest BCUT2D eigenvalue weighted by atomic mass is 9.79. The Bertz CT molecular complexity index is 877. The number of fused-ring (bicyclic) bond motifs is 1. The SMILES string of the molecule is NS(=O)(=O)c1cccc([N+](=O)[O-])c1C1CCc2ccccc2C1. The van der Waals surface area contributed by atoms with Crippen molar-refractivity contribution in [1.82, 2.24) is 0 Å². The van der Waals surface area contributed by atoms with Crippen LogP contribution in [0.2, 0.25) is 0 Å². The number of nitro groups is 1. The van der Waals surface area contributed by atoms with Gasteiger partial charge in [0.05, 0.1) is 15.4 Å². The molecule has 0 saturated heterocycles. The molecule has 6 nitrogen and oxygen atoms in total. The average Bonchev–Trinajstić information content (AvgIpc) is 2.52. The van der Waals surface area contributed by atoms with Crippen molar-refractivity contribution in [3.8, 4) is 0 Å². The molecule has 7 heteroatoms. The van der Waals surface area contributed by atoms with Crippen molar-refractivity contribution >= 4 is 15.7 Å². The molecular weight excluding hydrogens is 316 g/mol. The topological polar surface area (TPSA) is 103 Å². The summed E-state index contributed by atoms with van der Waals surface area (Å²) in [6.45, 7) is 0. The first kappa shape index (κ1) is 15.6. The van der Waals surface area contributed by atoms with Gasteiger partial charge in [0, 0.05) is 6.07 Å². The second kappa shape index (κ2) is 5.75. The Kier molecular flexibility index (Phi) is 3.91. The minimum Gasteiger partial charge on any atom is -0.258 e. The molecule has 2 aromatic carbocycles. The van der Waals surface area contributed by atoms with Crippen LogP contribution in [0.5, 0.6) is 0 Å². The van der Waals surface area contributed by atoms with E-state index in [1.54, 1.807) is 0 Å². The van der Waals surface area contributed by atoms with Crippen LogP contribution in [-0.2, 0) is 22.9 Å². The number of nitro benzene ring substituents is 1. The molecule has 0 spiro atoms. The number of aryl methyl sites for hydroxylation is 1. The quantitative estimate of drug-likeness (QED) is 0.689. The summed E-state index contributed by atoms with van der Waals surface area (Å²) in [5, 5.41) is 16.6. The first-order chi connectivity index (χ1) is 10.9. The minimum atomic E-state index is -4.02. The third-order valence-corrected chi connectivity index (χ3v) is 5.27. The van der Waals surface area contributed by atoms with Crippen LogP contribution in [0.25, 0.3) is 0 Å². The largest absolute Gasteiger partial charge is 0.274 e. The Hall–Kier alpha value is -2.25. The standard InChI is InChI=1S/C16H16N2O4S/c17-23(21,22)15-7-3-6-14(18(19)20)16(15)13-9-8-11-4-1-2-5-12(11)10-13/h1-7,13H,8-10H2,(H2,17,21,22). The predicted molar refractivity (Wildman–Crippen MR) is 85.7 cm³/mol. The number of nitrogens with zero attached hydrogens (tertiary/aromatic N) is 1. The zero-order valence-corrected chi connectivity index (χ0v) is 13.1. The molecule has 0 bridgehead atoms. The summed E-state index contributed by atoms with van der Waals surface area (Å²) in [6.07, 6.45) is 1.99. The second-order valence-corrected chi connectivity index (χ2v) is 7.23. The number of nitrogens with two attached hydrogens (primary N) is 1. The van der Waals surface area contributed by atoms with Crippen LogP contribution in [0.15, 0.2) is 47.4 Å². The van der Waals surface area contributed by atoms with Crippen LogP contribution in [0, 0.1) is 10.1 Å². The minimum absolute atomic E-state index is 0.143. The first-order valence-electron chi connectivity index (χ1n) is 7.25. The zero-order chi connectivity index (χ0) is 16.6. The Morgan fingerprint density at radius 2 is 1.78 bits per heavy atom. The molecule has 2 aromatic rings. The molecule has 0 amide bonds. The molecule has 0 radical (unpaired) electrons. The lowest BCUT2D eigenvalue weighted by molar-refractivity contribution is -0.386. The highest BCUT2D eigenvalue weighted by Crippen LogP contribution is 2.39. The van der Waals surface area contributed by atoms with E-state index in [9.17, 15) is 18.5 Å². The van der Waals surface area contributed by atoms with Gasteiger partial charge in [0.25, 0.3) is 5.69 Å². The lowest BCUT2D eigenvalue weighted by Gasteiger charge is -2.25. The van der Waals surface area contributed by atoms with Gasteiger partial charge in [0.2, 0.25) is 10.0 Å². The zero-order valence-electron chi connectivity index (χ0n) is 12.3. The second-order valence-electron chi connectivity index (χ2n) is 5.70. The van der Waals surface area contributed by atoms with Crippen LogP contribution in [-0.4, -0.2) is 13.3 Å². The normalized spacial score (nSPS) is 17.5. The van der Waals surface area contributed by atoms with Crippen LogP contribution in [0.4, 0.5) is 5.69 Å². The predicted octanol–water partition coefficient (Wildman–Crippen LogP) is 2.51. The van der Waals surface area contributed by atoms with Gasteiger partial charge in [-0.2, -0.15) is 0 Å². The molecular formula is C16H16N2O4S. The van der Waals surface area contributed by atoms with Gasteiger partial charge < -0.3 is 0 Å². The van der Waals surface area contributed by atoms with Crippen molar-refractivity contribution in [2.45, 2.75) is 30.1 Å². The molecule has 1 atom stereocenters. The number of hydrogen-bond donors (Lipinski definition) is 1. The van der Waals surface area contributed by atoms with Gasteiger partial charge in [-0.1, -0.05) is 30.3 Å². The maximum absolute atomic E-state index is 11.9. The Morgan fingerprint density at radius 1 is 1.09 bits per heavy atom. The lowest BCUT2D eigenvalue weighted by Crippen LogP contribution is -2.20. The summed E-state index contributed by atoms with van der Waals surface area (Å²) in [7, 11) is -4.02. The van der Waals surface area contributed by atoms with E-state index in [2.05, 4.69) is 0 Å². The maximum atomic E-state index is 11.9. The Labute approximate surface area is 134 Å². The molecule has 1 unspecified atom stereocenters. The smallest absolute Gasteiger partial charge is 0.258 e. The molecule has 1 aliphatic rings. The maximum Gasteiger partial charge on any atom is 0.274 e. The molecule has 3 rings (SSSR count). The van der Waals surface area contributed by atoms with E-state index in [-0.39, 0.29) is 22.1 Å². The van der Waals surface area contributed by atoms with Crippen molar-refractivity contribution in [3.63, 3.8) is 0 Å². The Morgan fingerprint density at radius 3 is 2.43 bits per heavy atom. The number of hydrogen-bond acceptors (Lipinski definition) is 4. The summed E-state index contributed by atoms with van der Waals surface area (Å²) >= 11 is 0. The van der Waals surface area contributed by atoms with Crippen LogP contribution >= 0.6 is 0 Å². The molecule has 1 aliphatic carbocycles. The third kappa shape index (κ3) is 2.97. The van der Waals surface area contributed by atoms with Crippen molar-refractivity contribution in [1.29, 1.82) is 0 Å². The van der Waals surface area contributed by atoms with Crippen molar-refractivity contribution in [2.24, 2.45) is 5.14 Å². The van der Waals surface area contributed by atoms with Gasteiger partial charge in [-0.15, -0.1) is 0 Å². The van der Waals surface area contributed by atoms with Gasteiger partial charge in [-0.05, 0) is 42.4 Å². The van der Waals surface area contributed by atoms with E-state index in [4.69, 9.17) is 5.14 Å². The molecule has 23 heavy (non-hydrogen) atoms. The number of rotatable bonds is 3. The van der Waals surface area contributed by atoms with Gasteiger partial charge >= 0.3 is 0 Å². The van der Waals surface area contributed by atoms with Crippen molar-refractivity contribution in [3.05, 3.63) is 69.3 Å². The van der Waals surface area contributed by atoms with E-state index in [0.29, 0.717) is 12.8 Å². The summed E-state index contributed by atoms with van der Waals surface area (Å²) < 4.78 is 23.7. The highest BCUT2D eigenvalue weighted by molar-refractivity contribution is 7.89. The molecule has 0 heterocycles. The highest BCUT2D eigenvalue weighted by Gasteiger charge is 2.31. The number of primary sulfonamides is 1. The monoisotopic (exact) mass is 332 g/mol. The summed E-state index contributed by atoms with van der Waals surface area (Å²) in [5.41, 5.74) is 2.36. The van der Waals surface area contributed by atoms with E-state index in [1.807, 2.05) is 24.3 Å². The Balaban J connectivity index is 2.14. The molecule has 0 saturated carbocycles.